The summed E-state index contributed by atoms with van der Waals surface area (Å²) in [4.78, 5) is 6.72. The van der Waals surface area contributed by atoms with Gasteiger partial charge in [0.05, 0.1) is 6.54 Å². The number of aromatic nitrogens is 3. The number of sulfonamides is 1. The third-order valence-corrected chi connectivity index (χ3v) is 6.89. The molecule has 4 rings (SSSR count). The summed E-state index contributed by atoms with van der Waals surface area (Å²) in [5.74, 6) is 1.39. The van der Waals surface area contributed by atoms with E-state index in [1.165, 1.54) is 4.31 Å². The molecule has 0 bridgehead atoms. The van der Waals surface area contributed by atoms with Crippen LogP contribution in [0.25, 0.3) is 11.5 Å². The largest absolute Gasteiger partial charge is 0.360 e. The van der Waals surface area contributed by atoms with Crippen LogP contribution in [-0.4, -0.2) is 59.1 Å². The SMILES string of the molecule is Cc1noc(C)c1S(=O)(=O)N1CCN(Cc2noc(-c3ccccc3)n2)CC1. The van der Waals surface area contributed by atoms with E-state index in [4.69, 9.17) is 9.05 Å². The second-order valence-corrected chi connectivity index (χ2v) is 8.59. The minimum absolute atomic E-state index is 0.173. The van der Waals surface area contributed by atoms with Gasteiger partial charge in [-0.2, -0.15) is 9.29 Å². The van der Waals surface area contributed by atoms with E-state index in [-0.39, 0.29) is 4.90 Å². The number of aryl methyl sites for hydroxylation is 2. The monoisotopic (exact) mass is 403 g/mol. The topological polar surface area (TPSA) is 106 Å². The van der Waals surface area contributed by atoms with Crippen LogP contribution >= 0.6 is 0 Å². The molecule has 1 fully saturated rings. The average Bonchev–Trinajstić information content (AvgIpc) is 3.29. The first-order valence-electron chi connectivity index (χ1n) is 8.98. The molecular weight excluding hydrogens is 382 g/mol. The summed E-state index contributed by atoms with van der Waals surface area (Å²) in [6.07, 6.45) is 0. The van der Waals surface area contributed by atoms with E-state index in [1.54, 1.807) is 13.8 Å². The van der Waals surface area contributed by atoms with Gasteiger partial charge in [-0.15, -0.1) is 0 Å². The quantitative estimate of drug-likeness (QED) is 0.635. The van der Waals surface area contributed by atoms with Crippen LogP contribution in [0.5, 0.6) is 0 Å². The van der Waals surface area contributed by atoms with Crippen molar-refractivity contribution in [2.24, 2.45) is 0 Å². The number of piperazine rings is 1. The van der Waals surface area contributed by atoms with Gasteiger partial charge >= 0.3 is 0 Å². The van der Waals surface area contributed by atoms with E-state index in [1.807, 2.05) is 30.3 Å². The Morgan fingerprint density at radius 2 is 1.71 bits per heavy atom. The molecule has 2 aromatic heterocycles. The Bertz CT molecular complexity index is 1030. The van der Waals surface area contributed by atoms with Gasteiger partial charge in [0.2, 0.25) is 10.0 Å². The van der Waals surface area contributed by atoms with Gasteiger partial charge < -0.3 is 9.05 Å². The van der Waals surface area contributed by atoms with Crippen molar-refractivity contribution in [3.05, 3.63) is 47.6 Å². The molecule has 9 nitrogen and oxygen atoms in total. The zero-order valence-electron chi connectivity index (χ0n) is 15.7. The third-order valence-electron chi connectivity index (χ3n) is 4.75. The highest BCUT2D eigenvalue weighted by Crippen LogP contribution is 2.24. The molecule has 1 aliphatic rings. The van der Waals surface area contributed by atoms with Crippen LogP contribution in [-0.2, 0) is 16.6 Å². The Balaban J connectivity index is 1.39. The average molecular weight is 403 g/mol. The van der Waals surface area contributed by atoms with E-state index >= 15 is 0 Å². The highest BCUT2D eigenvalue weighted by Gasteiger charge is 2.33. The number of benzene rings is 1. The van der Waals surface area contributed by atoms with Gasteiger partial charge in [0.1, 0.15) is 10.6 Å². The fraction of sp³-hybridized carbons (Fsp3) is 0.389. The van der Waals surface area contributed by atoms with E-state index in [9.17, 15) is 8.42 Å². The van der Waals surface area contributed by atoms with Crippen molar-refractivity contribution < 1.29 is 17.5 Å². The second kappa shape index (κ2) is 7.46. The Morgan fingerprint density at radius 3 is 2.36 bits per heavy atom. The van der Waals surface area contributed by atoms with Gasteiger partial charge in [0.15, 0.2) is 11.6 Å². The molecule has 1 saturated heterocycles. The van der Waals surface area contributed by atoms with E-state index < -0.39 is 10.0 Å². The van der Waals surface area contributed by atoms with Crippen molar-refractivity contribution in [3.63, 3.8) is 0 Å². The predicted molar refractivity (Wildman–Crippen MR) is 99.7 cm³/mol. The molecule has 148 valence electrons. The first-order chi connectivity index (χ1) is 13.4. The molecule has 1 aromatic carbocycles. The molecule has 3 aromatic rings. The number of hydrogen-bond donors (Lipinski definition) is 0. The molecule has 28 heavy (non-hydrogen) atoms. The summed E-state index contributed by atoms with van der Waals surface area (Å²) in [6, 6.07) is 9.58. The smallest absolute Gasteiger partial charge is 0.257 e. The maximum absolute atomic E-state index is 12.9. The van der Waals surface area contributed by atoms with Crippen LogP contribution in [0.15, 0.2) is 44.3 Å². The highest BCUT2D eigenvalue weighted by atomic mass is 32.2. The Morgan fingerprint density at radius 1 is 1.00 bits per heavy atom. The zero-order chi connectivity index (χ0) is 19.7. The second-order valence-electron chi connectivity index (χ2n) is 6.72. The van der Waals surface area contributed by atoms with Crippen molar-refractivity contribution in [3.8, 4) is 11.5 Å². The normalized spacial score (nSPS) is 16.5. The third kappa shape index (κ3) is 3.58. The highest BCUT2D eigenvalue weighted by molar-refractivity contribution is 7.89. The van der Waals surface area contributed by atoms with Crippen molar-refractivity contribution in [2.75, 3.05) is 26.2 Å². The summed E-state index contributed by atoms with van der Waals surface area (Å²) < 4.78 is 37.6. The lowest BCUT2D eigenvalue weighted by molar-refractivity contribution is 0.176. The first kappa shape index (κ1) is 18.8. The molecule has 0 atom stereocenters. The molecule has 0 unspecified atom stereocenters. The molecule has 1 aliphatic heterocycles. The molecule has 0 saturated carbocycles. The maximum atomic E-state index is 12.9. The van der Waals surface area contributed by atoms with Crippen LogP contribution in [0.3, 0.4) is 0 Å². The number of rotatable bonds is 5. The molecule has 0 N–H and O–H groups in total. The minimum Gasteiger partial charge on any atom is -0.360 e. The molecule has 0 radical (unpaired) electrons. The summed E-state index contributed by atoms with van der Waals surface area (Å²) in [5.41, 5.74) is 1.26. The molecule has 10 heteroatoms. The fourth-order valence-electron chi connectivity index (χ4n) is 3.32. The first-order valence-corrected chi connectivity index (χ1v) is 10.4. The van der Waals surface area contributed by atoms with Crippen LogP contribution in [0, 0.1) is 13.8 Å². The summed E-state index contributed by atoms with van der Waals surface area (Å²) in [7, 11) is -3.61. The Labute approximate surface area is 163 Å². The molecule has 0 aliphatic carbocycles. The van der Waals surface area contributed by atoms with Gasteiger partial charge in [-0.3, -0.25) is 4.90 Å². The van der Waals surface area contributed by atoms with Gasteiger partial charge in [-0.25, -0.2) is 8.42 Å². The summed E-state index contributed by atoms with van der Waals surface area (Å²) >= 11 is 0. The minimum atomic E-state index is -3.61. The van der Waals surface area contributed by atoms with Gasteiger partial charge in [0, 0.05) is 31.7 Å². The lowest BCUT2D eigenvalue weighted by atomic mass is 10.2. The summed E-state index contributed by atoms with van der Waals surface area (Å²) in [5, 5.41) is 7.80. The molecule has 0 amide bonds. The standard InChI is InChI=1S/C18H21N5O4S/c1-13-17(14(2)26-20-13)28(24,25)23-10-8-22(9-11-23)12-16-19-18(27-21-16)15-6-4-3-5-7-15/h3-7H,8-12H2,1-2H3. The molecular formula is C18H21N5O4S. The predicted octanol–water partition coefficient (Wildman–Crippen LogP) is 1.85. The number of nitrogens with zero attached hydrogens (tertiary/aromatic N) is 5. The Hall–Kier alpha value is -2.56. The Kier molecular flexibility index (Phi) is 5.00. The lowest BCUT2D eigenvalue weighted by Gasteiger charge is -2.33. The van der Waals surface area contributed by atoms with Crippen LogP contribution < -0.4 is 0 Å². The van der Waals surface area contributed by atoms with Gasteiger partial charge in [-0.1, -0.05) is 28.5 Å². The van der Waals surface area contributed by atoms with E-state index in [0.29, 0.717) is 55.9 Å². The van der Waals surface area contributed by atoms with Crippen molar-refractivity contribution in [1.82, 2.24) is 24.5 Å². The van der Waals surface area contributed by atoms with Crippen LogP contribution in [0.1, 0.15) is 17.3 Å². The van der Waals surface area contributed by atoms with Crippen molar-refractivity contribution in [1.29, 1.82) is 0 Å². The van der Waals surface area contributed by atoms with E-state index in [2.05, 4.69) is 20.2 Å². The zero-order valence-corrected chi connectivity index (χ0v) is 16.5. The lowest BCUT2D eigenvalue weighted by Crippen LogP contribution is -2.48. The van der Waals surface area contributed by atoms with Gasteiger partial charge in [-0.05, 0) is 26.0 Å². The summed E-state index contributed by atoms with van der Waals surface area (Å²) in [6.45, 7) is 5.70. The van der Waals surface area contributed by atoms with Crippen molar-refractivity contribution in [2.45, 2.75) is 25.3 Å². The fourth-order valence-corrected chi connectivity index (χ4v) is 5.03. The van der Waals surface area contributed by atoms with Gasteiger partial charge in [0.25, 0.3) is 5.89 Å². The van der Waals surface area contributed by atoms with Crippen LogP contribution in [0.2, 0.25) is 0 Å². The van der Waals surface area contributed by atoms with Crippen LogP contribution in [0.4, 0.5) is 0 Å². The van der Waals surface area contributed by atoms with E-state index in [0.717, 1.165) is 5.56 Å². The molecule has 3 heterocycles. The number of hydrogen-bond acceptors (Lipinski definition) is 8. The maximum Gasteiger partial charge on any atom is 0.257 e. The van der Waals surface area contributed by atoms with Crippen molar-refractivity contribution >= 4 is 10.0 Å². The molecule has 0 spiro atoms.